The van der Waals surface area contributed by atoms with E-state index in [1.54, 1.807) is 19.2 Å². The van der Waals surface area contributed by atoms with Crippen LogP contribution in [0.15, 0.2) is 23.4 Å². The van der Waals surface area contributed by atoms with Gasteiger partial charge < -0.3 is 9.67 Å². The third-order valence-electron chi connectivity index (χ3n) is 3.41. The SMILES string of the molecule is Cc1sc(CO)cc1S(=O)(=O)N1CCn2ccnc2C1. The minimum Gasteiger partial charge on any atom is -0.391 e. The predicted octanol–water partition coefficient (Wildman–Crippen LogP) is 0.950. The van der Waals surface area contributed by atoms with E-state index in [1.807, 2.05) is 10.8 Å². The molecule has 3 rings (SSSR count). The van der Waals surface area contributed by atoms with Crippen LogP contribution in [-0.4, -0.2) is 33.9 Å². The standard InChI is InChI=1S/C12H15N3O3S2/c1-9-11(6-10(8-16)19-9)20(17,18)15-5-4-14-3-2-13-12(14)7-15/h2-3,6,16H,4-5,7-8H2,1H3. The molecule has 108 valence electrons. The maximum absolute atomic E-state index is 12.7. The Hall–Kier alpha value is -1.22. The van der Waals surface area contributed by atoms with E-state index < -0.39 is 10.0 Å². The highest BCUT2D eigenvalue weighted by Gasteiger charge is 2.31. The number of hydrogen-bond acceptors (Lipinski definition) is 5. The van der Waals surface area contributed by atoms with E-state index in [1.165, 1.54) is 15.6 Å². The number of aromatic nitrogens is 2. The van der Waals surface area contributed by atoms with Crippen LogP contribution in [0.5, 0.6) is 0 Å². The van der Waals surface area contributed by atoms with Crippen molar-refractivity contribution in [2.24, 2.45) is 0 Å². The van der Waals surface area contributed by atoms with E-state index in [-0.39, 0.29) is 6.61 Å². The van der Waals surface area contributed by atoms with Crippen LogP contribution in [-0.2, 0) is 29.7 Å². The lowest BCUT2D eigenvalue weighted by molar-refractivity contribution is 0.285. The molecule has 0 aromatic carbocycles. The van der Waals surface area contributed by atoms with Crippen molar-refractivity contribution in [2.45, 2.75) is 31.5 Å². The Kier molecular flexibility index (Phi) is 3.41. The molecule has 0 fully saturated rings. The third kappa shape index (κ3) is 2.18. The summed E-state index contributed by atoms with van der Waals surface area (Å²) < 4.78 is 28.8. The zero-order chi connectivity index (χ0) is 14.3. The predicted molar refractivity (Wildman–Crippen MR) is 74.8 cm³/mol. The fourth-order valence-electron chi connectivity index (χ4n) is 2.35. The first-order valence-electron chi connectivity index (χ1n) is 6.22. The first-order chi connectivity index (χ1) is 9.52. The lowest BCUT2D eigenvalue weighted by Gasteiger charge is -2.26. The molecule has 0 amide bonds. The smallest absolute Gasteiger partial charge is 0.244 e. The molecule has 1 aliphatic rings. The van der Waals surface area contributed by atoms with Crippen molar-refractivity contribution < 1.29 is 13.5 Å². The monoisotopic (exact) mass is 313 g/mol. The molecule has 0 spiro atoms. The summed E-state index contributed by atoms with van der Waals surface area (Å²) >= 11 is 1.32. The summed E-state index contributed by atoms with van der Waals surface area (Å²) in [5, 5.41) is 9.14. The van der Waals surface area contributed by atoms with Crippen LogP contribution in [0.2, 0.25) is 0 Å². The van der Waals surface area contributed by atoms with Crippen LogP contribution >= 0.6 is 11.3 Å². The summed E-state index contributed by atoms with van der Waals surface area (Å²) in [5.74, 6) is 0.759. The topological polar surface area (TPSA) is 75.4 Å². The van der Waals surface area contributed by atoms with Gasteiger partial charge in [-0.05, 0) is 13.0 Å². The van der Waals surface area contributed by atoms with E-state index in [4.69, 9.17) is 5.11 Å². The molecule has 3 heterocycles. The van der Waals surface area contributed by atoms with Crippen LogP contribution in [0.25, 0.3) is 0 Å². The molecule has 0 atom stereocenters. The highest BCUT2D eigenvalue weighted by molar-refractivity contribution is 7.89. The fourth-order valence-corrected chi connectivity index (χ4v) is 5.20. The molecule has 0 radical (unpaired) electrons. The van der Waals surface area contributed by atoms with Gasteiger partial charge in [0.2, 0.25) is 10.0 Å². The van der Waals surface area contributed by atoms with Gasteiger partial charge in [-0.2, -0.15) is 4.31 Å². The lowest BCUT2D eigenvalue weighted by atomic mass is 10.4. The van der Waals surface area contributed by atoms with Gasteiger partial charge in [-0.1, -0.05) is 0 Å². The quantitative estimate of drug-likeness (QED) is 0.915. The Morgan fingerprint density at radius 2 is 2.25 bits per heavy atom. The lowest BCUT2D eigenvalue weighted by Crippen LogP contribution is -2.38. The van der Waals surface area contributed by atoms with Crippen molar-refractivity contribution in [1.29, 1.82) is 0 Å². The van der Waals surface area contributed by atoms with Crippen molar-refractivity contribution in [1.82, 2.24) is 13.9 Å². The van der Waals surface area contributed by atoms with Gasteiger partial charge in [0.1, 0.15) is 5.82 Å². The summed E-state index contributed by atoms with van der Waals surface area (Å²) in [6, 6.07) is 1.57. The summed E-state index contributed by atoms with van der Waals surface area (Å²) in [6.45, 7) is 2.98. The van der Waals surface area contributed by atoms with Crippen molar-refractivity contribution in [3.05, 3.63) is 34.0 Å². The number of nitrogens with zero attached hydrogens (tertiary/aromatic N) is 3. The number of thiophene rings is 1. The maximum atomic E-state index is 12.7. The number of rotatable bonds is 3. The average Bonchev–Trinajstić information content (AvgIpc) is 3.03. The number of aryl methyl sites for hydroxylation is 1. The molecule has 0 aliphatic carbocycles. The number of aliphatic hydroxyl groups excluding tert-OH is 1. The Bertz CT molecular complexity index is 733. The maximum Gasteiger partial charge on any atom is 0.244 e. The van der Waals surface area contributed by atoms with Crippen LogP contribution in [0.1, 0.15) is 15.6 Å². The average molecular weight is 313 g/mol. The van der Waals surface area contributed by atoms with Crippen molar-refractivity contribution >= 4 is 21.4 Å². The molecular formula is C12H15N3O3S2. The highest BCUT2D eigenvalue weighted by atomic mass is 32.2. The third-order valence-corrected chi connectivity index (χ3v) is 6.54. The van der Waals surface area contributed by atoms with E-state index in [2.05, 4.69) is 4.98 Å². The van der Waals surface area contributed by atoms with E-state index in [0.29, 0.717) is 34.3 Å². The molecule has 1 aliphatic heterocycles. The number of aliphatic hydroxyl groups is 1. The second-order valence-corrected chi connectivity index (χ2v) is 7.91. The van der Waals surface area contributed by atoms with Crippen LogP contribution in [0.3, 0.4) is 0 Å². The van der Waals surface area contributed by atoms with Crippen LogP contribution in [0, 0.1) is 6.92 Å². The Morgan fingerprint density at radius 3 is 2.95 bits per heavy atom. The summed E-state index contributed by atoms with van der Waals surface area (Å²) in [4.78, 5) is 5.85. The normalized spacial score (nSPS) is 16.3. The number of hydrogen-bond donors (Lipinski definition) is 1. The molecule has 0 saturated heterocycles. The fraction of sp³-hybridized carbons (Fsp3) is 0.417. The van der Waals surface area contributed by atoms with Gasteiger partial charge in [0, 0.05) is 35.2 Å². The summed E-state index contributed by atoms with van der Waals surface area (Å²) in [6.07, 6.45) is 3.55. The molecule has 8 heteroatoms. The van der Waals surface area contributed by atoms with Gasteiger partial charge in [0.25, 0.3) is 0 Å². The molecule has 6 nitrogen and oxygen atoms in total. The van der Waals surface area contributed by atoms with E-state index >= 15 is 0 Å². The second kappa shape index (κ2) is 4.96. The minimum atomic E-state index is -3.52. The molecule has 20 heavy (non-hydrogen) atoms. The minimum absolute atomic E-state index is 0.133. The highest BCUT2D eigenvalue weighted by Crippen LogP contribution is 2.29. The first kappa shape index (κ1) is 13.7. The number of imidazole rings is 1. The number of sulfonamides is 1. The zero-order valence-corrected chi connectivity index (χ0v) is 12.6. The molecule has 2 aromatic heterocycles. The number of fused-ring (bicyclic) bond motifs is 1. The van der Waals surface area contributed by atoms with Crippen molar-refractivity contribution in [2.75, 3.05) is 6.54 Å². The molecule has 0 bridgehead atoms. The Morgan fingerprint density at radius 1 is 1.45 bits per heavy atom. The summed E-state index contributed by atoms with van der Waals surface area (Å²) in [5.41, 5.74) is 0. The van der Waals surface area contributed by atoms with Gasteiger partial charge in [-0.3, -0.25) is 0 Å². The zero-order valence-electron chi connectivity index (χ0n) is 11.0. The molecule has 0 unspecified atom stereocenters. The van der Waals surface area contributed by atoms with Crippen molar-refractivity contribution in [3.63, 3.8) is 0 Å². The van der Waals surface area contributed by atoms with E-state index in [9.17, 15) is 8.42 Å². The molecular weight excluding hydrogens is 298 g/mol. The Balaban J connectivity index is 1.95. The van der Waals surface area contributed by atoms with Gasteiger partial charge in [0.15, 0.2) is 0 Å². The molecule has 0 saturated carbocycles. The van der Waals surface area contributed by atoms with Gasteiger partial charge in [0.05, 0.1) is 18.0 Å². The second-order valence-electron chi connectivity index (χ2n) is 4.67. The van der Waals surface area contributed by atoms with Gasteiger partial charge in [-0.15, -0.1) is 11.3 Å². The summed E-state index contributed by atoms with van der Waals surface area (Å²) in [7, 11) is -3.52. The van der Waals surface area contributed by atoms with E-state index in [0.717, 1.165) is 5.82 Å². The van der Waals surface area contributed by atoms with Gasteiger partial charge >= 0.3 is 0 Å². The largest absolute Gasteiger partial charge is 0.391 e. The molecule has 2 aromatic rings. The van der Waals surface area contributed by atoms with Gasteiger partial charge in [-0.25, -0.2) is 13.4 Å². The molecule has 1 N–H and O–H groups in total. The first-order valence-corrected chi connectivity index (χ1v) is 8.48. The Labute approximate surface area is 121 Å². The van der Waals surface area contributed by atoms with Crippen LogP contribution < -0.4 is 0 Å². The van der Waals surface area contributed by atoms with Crippen molar-refractivity contribution in [3.8, 4) is 0 Å². The van der Waals surface area contributed by atoms with Crippen LogP contribution in [0.4, 0.5) is 0 Å².